The summed E-state index contributed by atoms with van der Waals surface area (Å²) in [6.07, 6.45) is -0.852. The van der Waals surface area contributed by atoms with Crippen LogP contribution in [0.4, 0.5) is 4.79 Å². The Morgan fingerprint density at radius 3 is 2.62 bits per heavy atom. The lowest BCUT2D eigenvalue weighted by molar-refractivity contribution is -0.141. The molecule has 0 radical (unpaired) electrons. The van der Waals surface area contributed by atoms with Crippen LogP contribution in [-0.2, 0) is 14.4 Å². The molecule has 2 fully saturated rings. The van der Waals surface area contributed by atoms with Crippen molar-refractivity contribution < 1.29 is 19.2 Å². The molecule has 3 rings (SSSR count). The van der Waals surface area contributed by atoms with E-state index in [2.05, 4.69) is 0 Å². The third-order valence-corrected chi connectivity index (χ3v) is 4.02. The van der Waals surface area contributed by atoms with Crippen LogP contribution in [0.2, 0.25) is 0 Å². The second-order valence-corrected chi connectivity index (χ2v) is 5.34. The van der Waals surface area contributed by atoms with E-state index in [-0.39, 0.29) is 24.7 Å². The van der Waals surface area contributed by atoms with E-state index in [4.69, 9.17) is 9.57 Å². The number of hydroxylamine groups is 2. The van der Waals surface area contributed by atoms with E-state index in [1.807, 2.05) is 44.3 Å². The highest BCUT2D eigenvalue weighted by molar-refractivity contribution is 5.95. The monoisotopic (exact) mass is 290 g/mol. The minimum atomic E-state index is -0.562. The molecule has 0 N–H and O–H groups in total. The molecule has 2 heterocycles. The molecule has 0 unspecified atom stereocenters. The number of hydrogen-bond acceptors (Lipinski definition) is 5. The summed E-state index contributed by atoms with van der Waals surface area (Å²) in [6, 6.07) is 9.51. The van der Waals surface area contributed by atoms with Gasteiger partial charge < -0.3 is 4.74 Å². The van der Waals surface area contributed by atoms with E-state index in [1.54, 1.807) is 5.06 Å². The molecular weight excluding hydrogens is 272 g/mol. The normalized spacial score (nSPS) is 29.7. The number of carbonyl (C=O) groups is 2. The highest BCUT2D eigenvalue weighted by atomic mass is 16.7. The Bertz CT molecular complexity index is 548. The Morgan fingerprint density at radius 2 is 2.00 bits per heavy atom. The van der Waals surface area contributed by atoms with Gasteiger partial charge in [0.25, 0.3) is 0 Å². The van der Waals surface area contributed by atoms with E-state index in [9.17, 15) is 9.59 Å². The van der Waals surface area contributed by atoms with Crippen molar-refractivity contribution in [2.45, 2.75) is 19.1 Å². The zero-order chi connectivity index (χ0) is 15.0. The summed E-state index contributed by atoms with van der Waals surface area (Å²) >= 11 is 0. The number of cyclic esters (lactones) is 1. The van der Waals surface area contributed by atoms with Gasteiger partial charge in [-0.05, 0) is 12.5 Å². The van der Waals surface area contributed by atoms with Gasteiger partial charge in [-0.25, -0.2) is 9.69 Å². The van der Waals surface area contributed by atoms with Crippen molar-refractivity contribution in [2.75, 3.05) is 20.2 Å². The Kier molecular flexibility index (Phi) is 3.65. The molecule has 2 amide bonds. The molecule has 1 aromatic rings. The van der Waals surface area contributed by atoms with Crippen LogP contribution in [0.1, 0.15) is 18.5 Å². The van der Waals surface area contributed by atoms with Crippen molar-refractivity contribution in [3.63, 3.8) is 0 Å². The minimum absolute atomic E-state index is 0.206. The molecule has 112 valence electrons. The van der Waals surface area contributed by atoms with Crippen LogP contribution in [0.15, 0.2) is 30.3 Å². The number of carbonyl (C=O) groups excluding carboxylic acids is 2. The molecule has 0 spiro atoms. The third-order valence-electron chi connectivity index (χ3n) is 4.02. The van der Waals surface area contributed by atoms with Crippen molar-refractivity contribution in [3.8, 4) is 0 Å². The summed E-state index contributed by atoms with van der Waals surface area (Å²) in [4.78, 5) is 31.2. The van der Waals surface area contributed by atoms with Gasteiger partial charge in [0.2, 0.25) is 5.91 Å². The van der Waals surface area contributed by atoms with Gasteiger partial charge in [0.1, 0.15) is 6.61 Å². The van der Waals surface area contributed by atoms with Crippen molar-refractivity contribution >= 4 is 12.0 Å². The summed E-state index contributed by atoms with van der Waals surface area (Å²) in [5.74, 6) is -0.661. The number of amides is 2. The van der Waals surface area contributed by atoms with Crippen LogP contribution in [-0.4, -0.2) is 48.3 Å². The Labute approximate surface area is 123 Å². The average molecular weight is 290 g/mol. The summed E-state index contributed by atoms with van der Waals surface area (Å²) in [7, 11) is 1.81. The maximum atomic E-state index is 12.7. The van der Waals surface area contributed by atoms with Crippen LogP contribution >= 0.6 is 0 Å². The third kappa shape index (κ3) is 2.41. The minimum Gasteiger partial charge on any atom is -0.447 e. The second kappa shape index (κ2) is 5.46. The van der Waals surface area contributed by atoms with Gasteiger partial charge in [0.05, 0.1) is 24.6 Å². The van der Waals surface area contributed by atoms with Gasteiger partial charge in [-0.1, -0.05) is 30.3 Å². The first-order valence-electron chi connectivity index (χ1n) is 7.02. The lowest BCUT2D eigenvalue weighted by Gasteiger charge is -2.24. The highest BCUT2D eigenvalue weighted by Crippen LogP contribution is 2.39. The SMILES string of the molecule is C[C@@H]1ON(C)[C@@H](c2ccccc2)[C@H]1C(=O)N1CCOC1=O. The van der Waals surface area contributed by atoms with Gasteiger partial charge in [0, 0.05) is 7.05 Å². The predicted octanol–water partition coefficient (Wildman–Crippen LogP) is 1.59. The molecule has 21 heavy (non-hydrogen) atoms. The number of benzene rings is 1. The van der Waals surface area contributed by atoms with Crippen LogP contribution in [0.5, 0.6) is 0 Å². The van der Waals surface area contributed by atoms with E-state index in [0.717, 1.165) is 5.56 Å². The fourth-order valence-electron chi connectivity index (χ4n) is 3.05. The summed E-state index contributed by atoms with van der Waals surface area (Å²) in [5, 5.41) is 1.70. The summed E-state index contributed by atoms with van der Waals surface area (Å²) in [5.41, 5.74) is 0.996. The molecule has 2 saturated heterocycles. The van der Waals surface area contributed by atoms with Gasteiger partial charge in [-0.3, -0.25) is 9.63 Å². The van der Waals surface area contributed by atoms with E-state index < -0.39 is 12.0 Å². The molecule has 0 bridgehead atoms. The molecule has 1 aromatic carbocycles. The number of rotatable bonds is 2. The predicted molar refractivity (Wildman–Crippen MR) is 74.0 cm³/mol. The Balaban J connectivity index is 1.90. The van der Waals surface area contributed by atoms with E-state index in [0.29, 0.717) is 6.54 Å². The smallest absolute Gasteiger partial charge is 0.416 e. The standard InChI is InChI=1S/C15H18N2O4/c1-10-12(14(18)17-8-9-20-15(17)19)13(16(2)21-10)11-6-4-3-5-7-11/h3-7,10,12-13H,8-9H2,1-2H3/t10-,12-,13-/m0/s1. The largest absolute Gasteiger partial charge is 0.447 e. The van der Waals surface area contributed by atoms with E-state index >= 15 is 0 Å². The number of ether oxygens (including phenoxy) is 1. The van der Waals surface area contributed by atoms with Crippen molar-refractivity contribution in [3.05, 3.63) is 35.9 Å². The van der Waals surface area contributed by atoms with E-state index in [1.165, 1.54) is 4.90 Å². The molecule has 0 saturated carbocycles. The fraction of sp³-hybridized carbons (Fsp3) is 0.467. The fourth-order valence-corrected chi connectivity index (χ4v) is 3.05. The second-order valence-electron chi connectivity index (χ2n) is 5.34. The Hall–Kier alpha value is -1.92. The molecule has 6 nitrogen and oxygen atoms in total. The van der Waals surface area contributed by atoms with Crippen molar-refractivity contribution in [1.82, 2.24) is 9.96 Å². The molecule has 0 aromatic heterocycles. The molecule has 0 aliphatic carbocycles. The van der Waals surface area contributed by atoms with Gasteiger partial charge in [-0.15, -0.1) is 0 Å². The first kappa shape index (κ1) is 14.0. The maximum absolute atomic E-state index is 12.7. The molecule has 2 aliphatic rings. The summed E-state index contributed by atoms with van der Waals surface area (Å²) in [6.45, 7) is 2.42. The Morgan fingerprint density at radius 1 is 1.29 bits per heavy atom. The first-order valence-corrected chi connectivity index (χ1v) is 7.02. The number of imide groups is 1. The summed E-state index contributed by atoms with van der Waals surface area (Å²) < 4.78 is 4.86. The number of hydrogen-bond donors (Lipinski definition) is 0. The zero-order valence-electron chi connectivity index (χ0n) is 12.1. The zero-order valence-corrected chi connectivity index (χ0v) is 12.1. The number of nitrogens with zero attached hydrogens (tertiary/aromatic N) is 2. The average Bonchev–Trinajstić information content (AvgIpc) is 3.02. The molecular formula is C15H18N2O4. The van der Waals surface area contributed by atoms with Crippen LogP contribution in [0, 0.1) is 5.92 Å². The lowest BCUT2D eigenvalue weighted by Crippen LogP contribution is -2.41. The van der Waals surface area contributed by atoms with Crippen LogP contribution < -0.4 is 0 Å². The quantitative estimate of drug-likeness (QED) is 0.828. The van der Waals surface area contributed by atoms with Crippen LogP contribution in [0.3, 0.4) is 0 Å². The molecule has 3 atom stereocenters. The molecule has 2 aliphatic heterocycles. The maximum Gasteiger partial charge on any atom is 0.416 e. The lowest BCUT2D eigenvalue weighted by atomic mass is 9.89. The van der Waals surface area contributed by atoms with Gasteiger partial charge in [-0.2, -0.15) is 5.06 Å². The van der Waals surface area contributed by atoms with Crippen molar-refractivity contribution in [2.24, 2.45) is 5.92 Å². The first-order chi connectivity index (χ1) is 10.1. The topological polar surface area (TPSA) is 59.1 Å². The molecule has 6 heteroatoms. The van der Waals surface area contributed by atoms with Gasteiger partial charge in [0.15, 0.2) is 0 Å². The highest BCUT2D eigenvalue weighted by Gasteiger charge is 2.48. The van der Waals surface area contributed by atoms with Crippen molar-refractivity contribution in [1.29, 1.82) is 0 Å². The van der Waals surface area contributed by atoms with Gasteiger partial charge >= 0.3 is 6.09 Å². The van der Waals surface area contributed by atoms with Crippen LogP contribution in [0.25, 0.3) is 0 Å².